The Morgan fingerprint density at radius 3 is 1.25 bits per heavy atom. The minimum absolute atomic E-state index is 0. The highest BCUT2D eigenvalue weighted by Gasteiger charge is 2.22. The van der Waals surface area contributed by atoms with E-state index in [9.17, 15) is 16.8 Å². The number of benzene rings is 2. The van der Waals surface area contributed by atoms with Gasteiger partial charge in [-0.2, -0.15) is 0 Å². The molecule has 0 fully saturated rings. The molecule has 0 aliphatic rings. The van der Waals surface area contributed by atoms with E-state index >= 15 is 0 Å². The van der Waals surface area contributed by atoms with Crippen LogP contribution in [0.4, 0.5) is 22.7 Å². The zero-order chi connectivity index (χ0) is 17.1. The maximum atomic E-state index is 12.0. The molecule has 0 saturated carbocycles. The molecular weight excluding hydrogens is 376 g/mol. The van der Waals surface area contributed by atoms with E-state index in [1.54, 1.807) is 0 Å². The summed E-state index contributed by atoms with van der Waals surface area (Å²) in [6.07, 6.45) is 0. The average Bonchev–Trinajstić information content (AvgIpc) is 2.42. The molecule has 0 atom stereocenters. The van der Waals surface area contributed by atoms with Crippen LogP contribution in [0.3, 0.4) is 0 Å². The SMILES string of the molecule is Cl.Nc1ccc(NS(=O)(=O)CS(=O)(=O)Nc2ccc(N)cc2)cc1. The second-order valence-electron chi connectivity index (χ2n) is 4.80. The highest BCUT2D eigenvalue weighted by Crippen LogP contribution is 2.15. The minimum atomic E-state index is -4.10. The van der Waals surface area contributed by atoms with Crippen LogP contribution in [0.25, 0.3) is 0 Å². The molecule has 0 aliphatic heterocycles. The maximum Gasteiger partial charge on any atom is 0.249 e. The van der Waals surface area contributed by atoms with Gasteiger partial charge in [-0.25, -0.2) is 16.8 Å². The van der Waals surface area contributed by atoms with E-state index < -0.39 is 25.1 Å². The summed E-state index contributed by atoms with van der Waals surface area (Å²) in [4.78, 5) is 0. The molecule has 0 aromatic heterocycles. The highest BCUT2D eigenvalue weighted by molar-refractivity contribution is 8.09. The summed E-state index contributed by atoms with van der Waals surface area (Å²) in [7, 11) is -8.20. The van der Waals surface area contributed by atoms with E-state index in [2.05, 4.69) is 9.44 Å². The van der Waals surface area contributed by atoms with Crippen LogP contribution < -0.4 is 20.9 Å². The zero-order valence-corrected chi connectivity index (χ0v) is 14.8. The third-order valence-corrected chi connectivity index (χ3v) is 6.25. The highest BCUT2D eigenvalue weighted by atomic mass is 35.5. The molecule has 0 unspecified atom stereocenters. The van der Waals surface area contributed by atoms with Crippen molar-refractivity contribution in [1.29, 1.82) is 0 Å². The lowest BCUT2D eigenvalue weighted by Crippen LogP contribution is -2.27. The van der Waals surface area contributed by atoms with Gasteiger partial charge >= 0.3 is 0 Å². The zero-order valence-electron chi connectivity index (χ0n) is 12.3. The maximum absolute atomic E-state index is 12.0. The fraction of sp³-hybridized carbons (Fsp3) is 0.0769. The summed E-state index contributed by atoms with van der Waals surface area (Å²) < 4.78 is 52.2. The lowest BCUT2D eigenvalue weighted by Gasteiger charge is -2.11. The number of hydrogen-bond donors (Lipinski definition) is 4. The molecule has 0 spiro atoms. The second-order valence-corrected chi connectivity index (χ2v) is 8.61. The topological polar surface area (TPSA) is 144 Å². The molecule has 0 amide bonds. The summed E-state index contributed by atoms with van der Waals surface area (Å²) in [5.41, 5.74) is 12.4. The van der Waals surface area contributed by atoms with Crippen molar-refractivity contribution < 1.29 is 16.8 Å². The number of nitrogen functional groups attached to an aromatic ring is 2. The summed E-state index contributed by atoms with van der Waals surface area (Å²) in [5, 5.41) is -1.12. The van der Waals surface area contributed by atoms with Crippen LogP contribution in [0.1, 0.15) is 0 Å². The minimum Gasteiger partial charge on any atom is -0.399 e. The van der Waals surface area contributed by atoms with Crippen LogP contribution in [0.2, 0.25) is 0 Å². The number of hydrogen-bond acceptors (Lipinski definition) is 6. The van der Waals surface area contributed by atoms with E-state index in [0.717, 1.165) is 0 Å². The van der Waals surface area contributed by atoms with E-state index in [0.29, 0.717) is 11.4 Å². The van der Waals surface area contributed by atoms with Gasteiger partial charge in [0.25, 0.3) is 0 Å². The second kappa shape index (κ2) is 7.60. The van der Waals surface area contributed by atoms with Crippen molar-refractivity contribution >= 4 is 55.2 Å². The van der Waals surface area contributed by atoms with Crippen molar-refractivity contribution in [3.63, 3.8) is 0 Å². The number of halogens is 1. The molecule has 6 N–H and O–H groups in total. The standard InChI is InChI=1S/C13H16N4O4S2.ClH/c14-10-1-5-12(6-2-10)16-22(18,19)9-23(20,21)17-13-7-3-11(15)4-8-13;/h1-8,16-17H,9,14-15H2;1H. The quantitative estimate of drug-likeness (QED) is 0.547. The van der Waals surface area contributed by atoms with Crippen LogP contribution in [-0.2, 0) is 20.0 Å². The van der Waals surface area contributed by atoms with Gasteiger partial charge in [0.05, 0.1) is 0 Å². The predicted octanol–water partition coefficient (Wildman–Crippen LogP) is 1.41. The van der Waals surface area contributed by atoms with Crippen molar-refractivity contribution in [3.8, 4) is 0 Å². The lowest BCUT2D eigenvalue weighted by molar-refractivity contribution is 0.594. The molecule has 2 rings (SSSR count). The number of rotatable bonds is 6. The van der Waals surface area contributed by atoms with E-state index in [1.165, 1.54) is 48.5 Å². The summed E-state index contributed by atoms with van der Waals surface area (Å²) in [5.74, 6) is 0. The van der Waals surface area contributed by atoms with Gasteiger partial charge in [0.1, 0.15) is 0 Å². The van der Waals surface area contributed by atoms with Gasteiger partial charge in [0.2, 0.25) is 20.0 Å². The molecule has 24 heavy (non-hydrogen) atoms. The normalized spacial score (nSPS) is 11.3. The Kier molecular flexibility index (Phi) is 6.29. The van der Waals surface area contributed by atoms with Crippen LogP contribution in [-0.4, -0.2) is 21.9 Å². The monoisotopic (exact) mass is 392 g/mol. The molecule has 0 aliphatic carbocycles. The Morgan fingerprint density at radius 2 is 0.958 bits per heavy atom. The molecule has 0 saturated heterocycles. The smallest absolute Gasteiger partial charge is 0.249 e. The molecular formula is C13H17ClN4O4S2. The van der Waals surface area contributed by atoms with Crippen molar-refractivity contribution in [2.24, 2.45) is 0 Å². The van der Waals surface area contributed by atoms with Gasteiger partial charge in [-0.1, -0.05) is 0 Å². The lowest BCUT2D eigenvalue weighted by atomic mass is 10.3. The molecule has 11 heteroatoms. The molecule has 2 aromatic carbocycles. The molecule has 2 aromatic rings. The van der Waals surface area contributed by atoms with Gasteiger partial charge in [0, 0.05) is 22.7 Å². The summed E-state index contributed by atoms with van der Waals surface area (Å²) in [6.45, 7) is 0. The third-order valence-electron chi connectivity index (χ3n) is 2.68. The Hall–Kier alpha value is -2.17. The largest absolute Gasteiger partial charge is 0.399 e. The molecule has 0 bridgehead atoms. The Labute approximate surface area is 146 Å². The fourth-order valence-electron chi connectivity index (χ4n) is 1.72. The Balaban J connectivity index is 0.00000288. The van der Waals surface area contributed by atoms with Crippen molar-refractivity contribution in [2.45, 2.75) is 0 Å². The molecule has 0 radical (unpaired) electrons. The van der Waals surface area contributed by atoms with Crippen LogP contribution in [0.15, 0.2) is 48.5 Å². The first-order chi connectivity index (χ1) is 10.7. The number of nitrogens with one attached hydrogen (secondary N) is 2. The number of anilines is 4. The first-order valence-electron chi connectivity index (χ1n) is 6.37. The van der Waals surface area contributed by atoms with Crippen molar-refractivity contribution in [1.82, 2.24) is 0 Å². The van der Waals surface area contributed by atoms with E-state index in [4.69, 9.17) is 11.5 Å². The Morgan fingerprint density at radius 1 is 0.667 bits per heavy atom. The molecule has 132 valence electrons. The van der Waals surface area contributed by atoms with Crippen molar-refractivity contribution in [2.75, 3.05) is 26.0 Å². The summed E-state index contributed by atoms with van der Waals surface area (Å²) >= 11 is 0. The first-order valence-corrected chi connectivity index (χ1v) is 9.68. The predicted molar refractivity (Wildman–Crippen MR) is 98.9 cm³/mol. The van der Waals surface area contributed by atoms with Gasteiger partial charge in [-0.15, -0.1) is 12.4 Å². The average molecular weight is 393 g/mol. The van der Waals surface area contributed by atoms with Gasteiger partial charge in [0.15, 0.2) is 5.08 Å². The van der Waals surface area contributed by atoms with Gasteiger partial charge < -0.3 is 11.5 Å². The van der Waals surface area contributed by atoms with Crippen LogP contribution >= 0.6 is 12.4 Å². The van der Waals surface area contributed by atoms with Crippen LogP contribution in [0, 0.1) is 0 Å². The molecule has 8 nitrogen and oxygen atoms in total. The van der Waals surface area contributed by atoms with Gasteiger partial charge in [-0.05, 0) is 48.5 Å². The van der Waals surface area contributed by atoms with Gasteiger partial charge in [-0.3, -0.25) is 9.44 Å². The molecule has 0 heterocycles. The Bertz CT molecular complexity index is 807. The van der Waals surface area contributed by atoms with E-state index in [-0.39, 0.29) is 23.8 Å². The summed E-state index contributed by atoms with van der Waals surface area (Å²) in [6, 6.07) is 11.7. The van der Waals surface area contributed by atoms with Crippen molar-refractivity contribution in [3.05, 3.63) is 48.5 Å². The fourth-order valence-corrected chi connectivity index (χ4v) is 4.82. The first kappa shape index (κ1) is 19.9. The third kappa shape index (κ3) is 6.14. The van der Waals surface area contributed by atoms with Crippen LogP contribution in [0.5, 0.6) is 0 Å². The van der Waals surface area contributed by atoms with E-state index in [1.807, 2.05) is 0 Å². The number of sulfonamides is 2. The number of nitrogens with two attached hydrogens (primary N) is 2.